The topological polar surface area (TPSA) is 69.0 Å². The van der Waals surface area contributed by atoms with Crippen LogP contribution in [-0.4, -0.2) is 40.9 Å². The van der Waals surface area contributed by atoms with Crippen LogP contribution in [-0.2, 0) is 34.7 Å². The molecule has 2 aromatic carbocycles. The molecule has 0 aliphatic heterocycles. The van der Waals surface area contributed by atoms with E-state index in [1.54, 1.807) is 18.9 Å². The van der Waals surface area contributed by atoms with E-state index in [0.29, 0.717) is 26.0 Å². The number of aryl methyl sites for hydroxylation is 3. The van der Waals surface area contributed by atoms with Gasteiger partial charge in [-0.3, -0.25) is 4.79 Å². The Bertz CT molecular complexity index is 1000. The number of amides is 1. The molecule has 0 aliphatic rings. The van der Waals surface area contributed by atoms with E-state index in [4.69, 9.17) is 4.74 Å². The Kier molecular flexibility index (Phi) is 9.97. The number of ether oxygens (including phenoxy) is 1. The van der Waals surface area contributed by atoms with E-state index in [0.717, 1.165) is 36.1 Å². The maximum Gasteiger partial charge on any atom is 0.220 e. The number of nitrogens with one attached hydrogen (secondary N) is 1. The van der Waals surface area contributed by atoms with Crippen LogP contribution in [0.3, 0.4) is 0 Å². The Balaban J connectivity index is 1.55. The molecule has 0 radical (unpaired) electrons. The summed E-state index contributed by atoms with van der Waals surface area (Å²) in [6.07, 6.45) is 2.68. The molecule has 3 aromatic rings. The lowest BCUT2D eigenvalue weighted by Gasteiger charge is -2.11. The number of hydrogen-bond donors (Lipinski definition) is 1. The summed E-state index contributed by atoms with van der Waals surface area (Å²) in [6.45, 7) is 6.34. The van der Waals surface area contributed by atoms with Crippen LogP contribution in [0, 0.1) is 13.8 Å². The average Bonchev–Trinajstić information content (AvgIpc) is 3.18. The van der Waals surface area contributed by atoms with Gasteiger partial charge in [0.1, 0.15) is 5.82 Å². The van der Waals surface area contributed by atoms with Crippen LogP contribution in [0.15, 0.2) is 53.7 Å². The van der Waals surface area contributed by atoms with Crippen LogP contribution >= 0.6 is 11.8 Å². The minimum Gasteiger partial charge on any atom is -0.385 e. The molecule has 3 rings (SSSR count). The molecule has 1 aromatic heterocycles. The van der Waals surface area contributed by atoms with Gasteiger partial charge in [0, 0.05) is 45.4 Å². The quantitative estimate of drug-likeness (QED) is 0.296. The Hall–Kier alpha value is -2.64. The van der Waals surface area contributed by atoms with Gasteiger partial charge >= 0.3 is 0 Å². The van der Waals surface area contributed by atoms with Crippen molar-refractivity contribution in [3.05, 3.63) is 76.6 Å². The zero-order valence-corrected chi connectivity index (χ0v) is 20.7. The highest BCUT2D eigenvalue weighted by molar-refractivity contribution is 7.98. The van der Waals surface area contributed by atoms with Crippen LogP contribution in [0.1, 0.15) is 40.9 Å². The van der Waals surface area contributed by atoms with E-state index >= 15 is 0 Å². The maximum absolute atomic E-state index is 12.4. The minimum absolute atomic E-state index is 0.0433. The molecule has 0 saturated heterocycles. The molecule has 0 unspecified atom stereocenters. The van der Waals surface area contributed by atoms with Crippen LogP contribution in [0.5, 0.6) is 0 Å². The third-order valence-corrected chi connectivity index (χ3v) is 6.37. The molecule has 176 valence electrons. The summed E-state index contributed by atoms with van der Waals surface area (Å²) < 4.78 is 7.37. The van der Waals surface area contributed by atoms with E-state index in [9.17, 15) is 4.79 Å². The van der Waals surface area contributed by atoms with Crippen molar-refractivity contribution in [2.45, 2.75) is 57.0 Å². The molecule has 1 heterocycles. The number of benzene rings is 2. The fourth-order valence-corrected chi connectivity index (χ4v) is 4.72. The second kappa shape index (κ2) is 13.2. The molecule has 0 bridgehead atoms. The SMILES string of the molecule is COCCCn1c(CCC(=O)NCCc2ccccc2)nnc1SCc1cc(C)cc(C)c1. The largest absolute Gasteiger partial charge is 0.385 e. The number of methoxy groups -OCH3 is 1. The molecular weight excluding hydrogens is 432 g/mol. The second-order valence-electron chi connectivity index (χ2n) is 8.27. The lowest BCUT2D eigenvalue weighted by molar-refractivity contribution is -0.121. The average molecular weight is 467 g/mol. The molecule has 33 heavy (non-hydrogen) atoms. The summed E-state index contributed by atoms with van der Waals surface area (Å²) in [5, 5.41) is 12.8. The van der Waals surface area contributed by atoms with E-state index in [1.165, 1.54) is 22.3 Å². The van der Waals surface area contributed by atoms with Crippen molar-refractivity contribution in [3.8, 4) is 0 Å². The number of hydrogen-bond acceptors (Lipinski definition) is 5. The first-order chi connectivity index (χ1) is 16.0. The molecule has 0 spiro atoms. The molecule has 0 saturated carbocycles. The van der Waals surface area contributed by atoms with Crippen molar-refractivity contribution >= 4 is 17.7 Å². The van der Waals surface area contributed by atoms with E-state index in [1.807, 2.05) is 18.2 Å². The van der Waals surface area contributed by atoms with Crippen molar-refractivity contribution in [1.29, 1.82) is 0 Å². The highest BCUT2D eigenvalue weighted by Crippen LogP contribution is 2.24. The van der Waals surface area contributed by atoms with Gasteiger partial charge in [-0.25, -0.2) is 0 Å². The highest BCUT2D eigenvalue weighted by Gasteiger charge is 2.14. The first-order valence-corrected chi connectivity index (χ1v) is 12.5. The highest BCUT2D eigenvalue weighted by atomic mass is 32.2. The van der Waals surface area contributed by atoms with Gasteiger partial charge in [0.05, 0.1) is 0 Å². The van der Waals surface area contributed by atoms with Crippen molar-refractivity contribution in [1.82, 2.24) is 20.1 Å². The number of rotatable bonds is 13. The summed E-state index contributed by atoms with van der Waals surface area (Å²) >= 11 is 1.69. The van der Waals surface area contributed by atoms with Gasteiger partial charge in [-0.15, -0.1) is 10.2 Å². The number of aromatic nitrogens is 3. The zero-order chi connectivity index (χ0) is 23.5. The maximum atomic E-state index is 12.4. The first kappa shape index (κ1) is 25.0. The van der Waals surface area contributed by atoms with Crippen molar-refractivity contribution in [3.63, 3.8) is 0 Å². The first-order valence-electron chi connectivity index (χ1n) is 11.5. The van der Waals surface area contributed by atoms with Gasteiger partial charge in [-0.2, -0.15) is 0 Å². The number of nitrogens with zero attached hydrogens (tertiary/aromatic N) is 3. The minimum atomic E-state index is 0.0433. The molecule has 0 fully saturated rings. The number of carbonyl (C=O) groups excluding carboxylic acids is 1. The van der Waals surface area contributed by atoms with Gasteiger partial charge < -0.3 is 14.6 Å². The molecule has 6 nitrogen and oxygen atoms in total. The van der Waals surface area contributed by atoms with Crippen LogP contribution in [0.25, 0.3) is 0 Å². The van der Waals surface area contributed by atoms with Crippen LogP contribution < -0.4 is 5.32 Å². The zero-order valence-electron chi connectivity index (χ0n) is 19.8. The fourth-order valence-electron chi connectivity index (χ4n) is 3.81. The Morgan fingerprint density at radius 3 is 2.52 bits per heavy atom. The third-order valence-electron chi connectivity index (χ3n) is 5.33. The molecule has 0 atom stereocenters. The number of carbonyl (C=O) groups is 1. The van der Waals surface area contributed by atoms with E-state index in [2.05, 4.69) is 64.3 Å². The normalized spacial score (nSPS) is 11.0. The molecule has 1 amide bonds. The van der Waals surface area contributed by atoms with Crippen molar-refractivity contribution in [2.24, 2.45) is 0 Å². The van der Waals surface area contributed by atoms with Crippen LogP contribution in [0.4, 0.5) is 0 Å². The van der Waals surface area contributed by atoms with Crippen molar-refractivity contribution < 1.29 is 9.53 Å². The van der Waals surface area contributed by atoms with E-state index in [-0.39, 0.29) is 5.91 Å². The summed E-state index contributed by atoms with van der Waals surface area (Å²) in [7, 11) is 1.71. The lowest BCUT2D eigenvalue weighted by atomic mass is 10.1. The standard InChI is InChI=1S/C26H34N4O2S/c1-20-16-21(2)18-23(17-20)19-33-26-29-28-24(30(26)14-7-15-32-3)10-11-25(31)27-13-12-22-8-5-4-6-9-22/h4-6,8-9,16-18H,7,10-15,19H2,1-3H3,(H,27,31). The van der Waals surface area contributed by atoms with Gasteiger partial charge in [0.25, 0.3) is 0 Å². The van der Waals surface area contributed by atoms with Gasteiger partial charge in [-0.05, 0) is 37.8 Å². The monoisotopic (exact) mass is 466 g/mol. The molecule has 0 aliphatic carbocycles. The smallest absolute Gasteiger partial charge is 0.220 e. The number of thioether (sulfide) groups is 1. The second-order valence-corrected chi connectivity index (χ2v) is 9.21. The van der Waals surface area contributed by atoms with E-state index < -0.39 is 0 Å². The third kappa shape index (κ3) is 8.33. The summed E-state index contributed by atoms with van der Waals surface area (Å²) in [5.41, 5.74) is 5.04. The fraction of sp³-hybridized carbons (Fsp3) is 0.423. The molecular formula is C26H34N4O2S. The Morgan fingerprint density at radius 2 is 1.79 bits per heavy atom. The molecule has 7 heteroatoms. The Morgan fingerprint density at radius 1 is 1.03 bits per heavy atom. The predicted molar refractivity (Wildman–Crippen MR) is 133 cm³/mol. The Labute approximate surface area is 201 Å². The van der Waals surface area contributed by atoms with Crippen molar-refractivity contribution in [2.75, 3.05) is 20.3 Å². The summed E-state index contributed by atoms with van der Waals surface area (Å²) in [4.78, 5) is 12.4. The summed E-state index contributed by atoms with van der Waals surface area (Å²) in [6, 6.07) is 16.8. The summed E-state index contributed by atoms with van der Waals surface area (Å²) in [5.74, 6) is 1.74. The van der Waals surface area contributed by atoms with Gasteiger partial charge in [0.15, 0.2) is 5.16 Å². The van der Waals surface area contributed by atoms with Gasteiger partial charge in [0.2, 0.25) is 5.91 Å². The predicted octanol–water partition coefficient (Wildman–Crippen LogP) is 4.52. The van der Waals surface area contributed by atoms with Gasteiger partial charge in [-0.1, -0.05) is 71.4 Å². The lowest BCUT2D eigenvalue weighted by Crippen LogP contribution is -2.26. The van der Waals surface area contributed by atoms with Crippen LogP contribution in [0.2, 0.25) is 0 Å². The molecule has 1 N–H and O–H groups in total.